The molecule has 1 aromatic carbocycles. The number of benzene rings is 1. The summed E-state index contributed by atoms with van der Waals surface area (Å²) in [4.78, 5) is 24.9. The van der Waals surface area contributed by atoms with Gasteiger partial charge in [-0.25, -0.2) is 9.59 Å². The Hall–Kier alpha value is -0.880. The molecule has 0 aliphatic rings. The Balaban J connectivity index is 2.31. The smallest absolute Gasteiger partial charge is 0.339 e. The summed E-state index contributed by atoms with van der Waals surface area (Å²) in [5.41, 5.74) is 0.817. The third-order valence-corrected chi connectivity index (χ3v) is 7.27. The van der Waals surface area contributed by atoms with Crippen LogP contribution in [0.5, 0.6) is 0 Å². The SMILES string of the molecule is CCCCCCCCCCOC(=O)c1cc(Br)c(C(=O)OCCCCCCCCCC)cc1Br. The van der Waals surface area contributed by atoms with Crippen LogP contribution in [0.15, 0.2) is 21.1 Å². The molecular formula is C28H44Br2O4. The van der Waals surface area contributed by atoms with Crippen LogP contribution in [0.4, 0.5) is 0 Å². The van der Waals surface area contributed by atoms with E-state index in [4.69, 9.17) is 9.47 Å². The first-order valence-electron chi connectivity index (χ1n) is 13.3. The molecule has 194 valence electrons. The predicted octanol–water partition coefficient (Wildman–Crippen LogP) is 9.81. The Kier molecular flexibility index (Phi) is 18.6. The molecule has 0 spiro atoms. The Labute approximate surface area is 224 Å². The number of rotatable bonds is 20. The average molecular weight is 604 g/mol. The molecule has 0 bridgehead atoms. The number of carbonyl (C=O) groups is 2. The Morgan fingerprint density at radius 2 is 0.853 bits per heavy atom. The van der Waals surface area contributed by atoms with E-state index in [9.17, 15) is 9.59 Å². The van der Waals surface area contributed by atoms with E-state index in [1.165, 1.54) is 77.0 Å². The van der Waals surface area contributed by atoms with E-state index in [0.29, 0.717) is 33.3 Å². The summed E-state index contributed by atoms with van der Waals surface area (Å²) in [6, 6.07) is 3.26. The highest BCUT2D eigenvalue weighted by Gasteiger charge is 2.19. The monoisotopic (exact) mass is 602 g/mol. The summed E-state index contributed by atoms with van der Waals surface area (Å²) in [6.45, 7) is 5.28. The first-order chi connectivity index (χ1) is 16.5. The van der Waals surface area contributed by atoms with Crippen molar-refractivity contribution in [1.82, 2.24) is 0 Å². The van der Waals surface area contributed by atoms with Crippen LogP contribution in [-0.2, 0) is 9.47 Å². The van der Waals surface area contributed by atoms with Crippen LogP contribution >= 0.6 is 31.9 Å². The largest absolute Gasteiger partial charge is 0.462 e. The second kappa shape index (κ2) is 20.3. The molecule has 0 N–H and O–H groups in total. The molecule has 0 heterocycles. The third kappa shape index (κ3) is 13.9. The van der Waals surface area contributed by atoms with Crippen molar-refractivity contribution >= 4 is 43.8 Å². The lowest BCUT2D eigenvalue weighted by Gasteiger charge is -2.11. The lowest BCUT2D eigenvalue weighted by molar-refractivity contribution is 0.0481. The van der Waals surface area contributed by atoms with Crippen molar-refractivity contribution in [2.75, 3.05) is 13.2 Å². The van der Waals surface area contributed by atoms with Crippen LogP contribution in [0.25, 0.3) is 0 Å². The van der Waals surface area contributed by atoms with Gasteiger partial charge in [0.1, 0.15) is 0 Å². The third-order valence-electron chi connectivity index (χ3n) is 5.96. The second-order valence-corrected chi connectivity index (χ2v) is 10.7. The standard InChI is InChI=1S/C28H44Br2O4/c1-3-5-7-9-11-13-15-17-19-33-27(31)23-21-26(30)24(22-25(23)29)28(32)34-20-18-16-14-12-10-8-6-4-2/h21-22H,3-20H2,1-2H3. The maximum absolute atomic E-state index is 12.5. The molecule has 0 aliphatic carbocycles. The minimum absolute atomic E-state index is 0.380. The lowest BCUT2D eigenvalue weighted by Crippen LogP contribution is -2.11. The maximum Gasteiger partial charge on any atom is 0.339 e. The van der Waals surface area contributed by atoms with E-state index in [1.807, 2.05) is 0 Å². The van der Waals surface area contributed by atoms with Gasteiger partial charge < -0.3 is 9.47 Å². The molecule has 0 saturated heterocycles. The van der Waals surface area contributed by atoms with Gasteiger partial charge in [0.15, 0.2) is 0 Å². The van der Waals surface area contributed by atoms with Gasteiger partial charge in [0, 0.05) is 8.95 Å². The van der Waals surface area contributed by atoms with Crippen LogP contribution in [0.2, 0.25) is 0 Å². The summed E-state index contributed by atoms with van der Waals surface area (Å²) >= 11 is 6.83. The van der Waals surface area contributed by atoms with Crippen LogP contribution in [0.1, 0.15) is 137 Å². The number of unbranched alkanes of at least 4 members (excludes halogenated alkanes) is 14. The molecule has 0 atom stereocenters. The molecule has 6 heteroatoms. The van der Waals surface area contributed by atoms with E-state index >= 15 is 0 Å². The number of ether oxygens (including phenoxy) is 2. The van der Waals surface area contributed by atoms with Crippen molar-refractivity contribution in [3.63, 3.8) is 0 Å². The summed E-state index contributed by atoms with van der Waals surface area (Å²) in [5, 5.41) is 0. The molecule has 0 aromatic heterocycles. The van der Waals surface area contributed by atoms with Gasteiger partial charge in [0.05, 0.1) is 24.3 Å². The van der Waals surface area contributed by atoms with Gasteiger partial charge in [-0.3, -0.25) is 0 Å². The zero-order valence-corrected chi connectivity index (χ0v) is 24.4. The molecule has 34 heavy (non-hydrogen) atoms. The molecular weight excluding hydrogens is 560 g/mol. The fraction of sp³-hybridized carbons (Fsp3) is 0.714. The number of carbonyl (C=O) groups excluding carboxylic acids is 2. The summed E-state index contributed by atoms with van der Waals surface area (Å²) < 4.78 is 11.9. The van der Waals surface area contributed by atoms with Crippen LogP contribution in [-0.4, -0.2) is 25.2 Å². The Bertz CT molecular complexity index is 646. The average Bonchev–Trinajstić information content (AvgIpc) is 2.82. The van der Waals surface area contributed by atoms with E-state index in [2.05, 4.69) is 45.7 Å². The minimum atomic E-state index is -0.380. The van der Waals surface area contributed by atoms with Gasteiger partial charge in [0.25, 0.3) is 0 Å². The quantitative estimate of drug-likeness (QED) is 0.110. The summed E-state index contributed by atoms with van der Waals surface area (Å²) in [7, 11) is 0. The van der Waals surface area contributed by atoms with Crippen LogP contribution in [0.3, 0.4) is 0 Å². The molecule has 0 unspecified atom stereocenters. The molecule has 0 aliphatic heterocycles. The minimum Gasteiger partial charge on any atom is -0.462 e. The predicted molar refractivity (Wildman–Crippen MR) is 148 cm³/mol. The van der Waals surface area contributed by atoms with E-state index in [-0.39, 0.29) is 11.9 Å². The fourth-order valence-corrected chi connectivity index (χ4v) is 4.83. The zero-order valence-electron chi connectivity index (χ0n) is 21.3. The topological polar surface area (TPSA) is 52.6 Å². The van der Waals surface area contributed by atoms with Crippen molar-refractivity contribution in [3.05, 3.63) is 32.2 Å². The normalized spacial score (nSPS) is 10.9. The van der Waals surface area contributed by atoms with Gasteiger partial charge >= 0.3 is 11.9 Å². The number of hydrogen-bond acceptors (Lipinski definition) is 4. The zero-order chi connectivity index (χ0) is 25.0. The summed E-state index contributed by atoms with van der Waals surface area (Å²) in [6.07, 6.45) is 19.2. The molecule has 4 nitrogen and oxygen atoms in total. The highest BCUT2D eigenvalue weighted by atomic mass is 79.9. The van der Waals surface area contributed by atoms with E-state index in [1.54, 1.807) is 12.1 Å². The lowest BCUT2D eigenvalue weighted by atomic mass is 10.1. The fourth-order valence-electron chi connectivity index (χ4n) is 3.82. The number of hydrogen-bond donors (Lipinski definition) is 0. The van der Waals surface area contributed by atoms with Gasteiger partial charge in [-0.2, -0.15) is 0 Å². The van der Waals surface area contributed by atoms with Crippen molar-refractivity contribution in [3.8, 4) is 0 Å². The molecule has 1 rings (SSSR count). The number of esters is 2. The van der Waals surface area contributed by atoms with E-state index < -0.39 is 0 Å². The highest BCUT2D eigenvalue weighted by Crippen LogP contribution is 2.27. The van der Waals surface area contributed by atoms with Crippen molar-refractivity contribution in [2.24, 2.45) is 0 Å². The van der Waals surface area contributed by atoms with Crippen molar-refractivity contribution in [2.45, 2.75) is 117 Å². The number of halogens is 2. The molecule has 0 radical (unpaired) electrons. The van der Waals surface area contributed by atoms with Crippen molar-refractivity contribution < 1.29 is 19.1 Å². The summed E-state index contributed by atoms with van der Waals surface area (Å²) in [5.74, 6) is -0.760. The van der Waals surface area contributed by atoms with Crippen LogP contribution < -0.4 is 0 Å². The Morgan fingerprint density at radius 3 is 1.18 bits per heavy atom. The Morgan fingerprint density at radius 1 is 0.559 bits per heavy atom. The first-order valence-corrected chi connectivity index (χ1v) is 14.9. The molecule has 1 aromatic rings. The molecule has 0 fully saturated rings. The highest BCUT2D eigenvalue weighted by molar-refractivity contribution is 9.11. The van der Waals surface area contributed by atoms with Gasteiger partial charge in [-0.05, 0) is 56.8 Å². The second-order valence-electron chi connectivity index (χ2n) is 9.03. The first kappa shape index (κ1) is 31.2. The molecule has 0 saturated carbocycles. The van der Waals surface area contributed by atoms with Crippen molar-refractivity contribution in [1.29, 1.82) is 0 Å². The van der Waals surface area contributed by atoms with Gasteiger partial charge in [0.2, 0.25) is 0 Å². The van der Waals surface area contributed by atoms with Gasteiger partial charge in [-0.1, -0.05) is 104 Å². The maximum atomic E-state index is 12.5. The van der Waals surface area contributed by atoms with E-state index in [0.717, 1.165) is 25.7 Å². The molecule has 0 amide bonds. The van der Waals surface area contributed by atoms with Crippen LogP contribution in [0, 0.1) is 0 Å². The van der Waals surface area contributed by atoms with Gasteiger partial charge in [-0.15, -0.1) is 0 Å².